The Morgan fingerprint density at radius 1 is 1.33 bits per heavy atom. The molecule has 4 heteroatoms. The van der Waals surface area contributed by atoms with Crippen LogP contribution in [0.5, 0.6) is 0 Å². The topological polar surface area (TPSA) is 58.4 Å². The lowest BCUT2D eigenvalue weighted by molar-refractivity contribution is -0.126. The molecule has 1 aliphatic heterocycles. The Labute approximate surface area is 109 Å². The second-order valence-corrected chi connectivity index (χ2v) is 6.48. The van der Waals surface area contributed by atoms with E-state index in [9.17, 15) is 4.79 Å². The maximum Gasteiger partial charge on any atom is 0.237 e. The standard InChI is InChI=1S/C14H25N3O/c1-16-14(13(15)18)6-2-3-12(8-14)17-9-10-4-5-11(17)7-10/h10-12,16H,2-9H2,1H3,(H2,15,18). The minimum absolute atomic E-state index is 0.168. The third-order valence-corrected chi connectivity index (χ3v) is 5.60. The van der Waals surface area contributed by atoms with E-state index in [4.69, 9.17) is 5.73 Å². The summed E-state index contributed by atoms with van der Waals surface area (Å²) >= 11 is 0. The van der Waals surface area contributed by atoms with Gasteiger partial charge in [0.2, 0.25) is 5.91 Å². The zero-order valence-electron chi connectivity index (χ0n) is 11.3. The highest BCUT2D eigenvalue weighted by molar-refractivity contribution is 5.84. The maximum atomic E-state index is 11.8. The monoisotopic (exact) mass is 251 g/mol. The number of piperidine rings is 1. The van der Waals surface area contributed by atoms with Crippen molar-refractivity contribution < 1.29 is 4.79 Å². The minimum atomic E-state index is -0.454. The molecule has 3 N–H and O–H groups in total. The molecule has 1 amide bonds. The molecule has 4 nitrogen and oxygen atoms in total. The lowest BCUT2D eigenvalue weighted by atomic mass is 9.77. The van der Waals surface area contributed by atoms with Crippen LogP contribution in [0.3, 0.4) is 0 Å². The first-order valence-electron chi connectivity index (χ1n) is 7.39. The molecule has 18 heavy (non-hydrogen) atoms. The second kappa shape index (κ2) is 4.49. The zero-order chi connectivity index (χ0) is 12.8. The number of likely N-dealkylation sites (N-methyl/N-ethyl adjacent to an activating group) is 1. The van der Waals surface area contributed by atoms with Gasteiger partial charge in [0.05, 0.1) is 5.54 Å². The molecule has 0 radical (unpaired) electrons. The molecule has 0 aromatic rings. The van der Waals surface area contributed by atoms with Crippen molar-refractivity contribution in [3.63, 3.8) is 0 Å². The minimum Gasteiger partial charge on any atom is -0.368 e. The lowest BCUT2D eigenvalue weighted by Gasteiger charge is -2.44. The van der Waals surface area contributed by atoms with E-state index in [1.165, 1.54) is 32.2 Å². The van der Waals surface area contributed by atoms with Crippen LogP contribution in [0.1, 0.15) is 44.9 Å². The summed E-state index contributed by atoms with van der Waals surface area (Å²) in [6.07, 6.45) is 8.33. The third-order valence-electron chi connectivity index (χ3n) is 5.60. The number of amides is 1. The highest BCUT2D eigenvalue weighted by Gasteiger charge is 2.46. The van der Waals surface area contributed by atoms with E-state index in [1.807, 2.05) is 7.05 Å². The van der Waals surface area contributed by atoms with Crippen LogP contribution < -0.4 is 11.1 Å². The van der Waals surface area contributed by atoms with Crippen LogP contribution in [0, 0.1) is 5.92 Å². The van der Waals surface area contributed by atoms with Gasteiger partial charge in [0.1, 0.15) is 0 Å². The Balaban J connectivity index is 1.72. The number of rotatable bonds is 3. The first-order chi connectivity index (χ1) is 8.64. The van der Waals surface area contributed by atoms with Crippen molar-refractivity contribution in [1.29, 1.82) is 0 Å². The van der Waals surface area contributed by atoms with Crippen molar-refractivity contribution in [3.8, 4) is 0 Å². The van der Waals surface area contributed by atoms with Crippen molar-refractivity contribution in [1.82, 2.24) is 10.2 Å². The predicted octanol–water partition coefficient (Wildman–Crippen LogP) is 0.857. The Morgan fingerprint density at radius 2 is 2.17 bits per heavy atom. The summed E-state index contributed by atoms with van der Waals surface area (Å²) in [6, 6.07) is 1.36. The fourth-order valence-corrected chi connectivity index (χ4v) is 4.51. The van der Waals surface area contributed by atoms with E-state index in [0.717, 1.165) is 31.2 Å². The van der Waals surface area contributed by atoms with E-state index in [0.29, 0.717) is 6.04 Å². The molecule has 2 bridgehead atoms. The van der Waals surface area contributed by atoms with E-state index < -0.39 is 5.54 Å². The number of primary amides is 1. The van der Waals surface area contributed by atoms with E-state index in [-0.39, 0.29) is 5.91 Å². The van der Waals surface area contributed by atoms with Gasteiger partial charge in [0, 0.05) is 18.6 Å². The average Bonchev–Trinajstić information content (AvgIpc) is 3.00. The number of nitrogens with one attached hydrogen (secondary N) is 1. The number of hydrogen-bond donors (Lipinski definition) is 2. The molecule has 0 aromatic carbocycles. The zero-order valence-corrected chi connectivity index (χ0v) is 11.3. The quantitative estimate of drug-likeness (QED) is 0.782. The number of nitrogens with two attached hydrogens (primary N) is 1. The van der Waals surface area contributed by atoms with Gasteiger partial charge >= 0.3 is 0 Å². The number of likely N-dealkylation sites (tertiary alicyclic amines) is 1. The molecule has 0 aromatic heterocycles. The normalized spacial score (nSPS) is 44.4. The number of carbonyl (C=O) groups is 1. The highest BCUT2D eigenvalue weighted by Crippen LogP contribution is 2.42. The van der Waals surface area contributed by atoms with Gasteiger partial charge < -0.3 is 11.1 Å². The molecule has 1 heterocycles. The SMILES string of the molecule is CNC1(C(N)=O)CCCC(N2CC3CCC2C3)C1. The van der Waals surface area contributed by atoms with E-state index in [2.05, 4.69) is 10.2 Å². The van der Waals surface area contributed by atoms with Crippen LogP contribution in [0.15, 0.2) is 0 Å². The smallest absolute Gasteiger partial charge is 0.237 e. The average molecular weight is 251 g/mol. The number of nitrogens with zero attached hydrogens (tertiary/aromatic N) is 1. The molecular weight excluding hydrogens is 226 g/mol. The summed E-state index contributed by atoms with van der Waals surface area (Å²) in [4.78, 5) is 14.5. The fourth-order valence-electron chi connectivity index (χ4n) is 4.51. The summed E-state index contributed by atoms with van der Waals surface area (Å²) in [5.74, 6) is 0.758. The van der Waals surface area contributed by atoms with Gasteiger partial charge in [-0.3, -0.25) is 9.69 Å². The fraction of sp³-hybridized carbons (Fsp3) is 0.929. The van der Waals surface area contributed by atoms with Crippen LogP contribution in [0.4, 0.5) is 0 Å². The lowest BCUT2D eigenvalue weighted by Crippen LogP contribution is -2.60. The maximum absolute atomic E-state index is 11.8. The third kappa shape index (κ3) is 1.86. The van der Waals surface area contributed by atoms with Gasteiger partial charge in [-0.1, -0.05) is 0 Å². The molecule has 2 aliphatic carbocycles. The molecule has 3 fully saturated rings. The van der Waals surface area contributed by atoms with Crippen molar-refractivity contribution in [2.45, 2.75) is 62.6 Å². The predicted molar refractivity (Wildman–Crippen MR) is 71.1 cm³/mol. The molecule has 0 spiro atoms. The highest BCUT2D eigenvalue weighted by atomic mass is 16.1. The van der Waals surface area contributed by atoms with Crippen molar-refractivity contribution in [2.75, 3.05) is 13.6 Å². The van der Waals surface area contributed by atoms with Gasteiger partial charge in [0.15, 0.2) is 0 Å². The summed E-state index contributed by atoms with van der Waals surface area (Å²) in [7, 11) is 1.88. The van der Waals surface area contributed by atoms with Crippen LogP contribution >= 0.6 is 0 Å². The second-order valence-electron chi connectivity index (χ2n) is 6.48. The number of carbonyl (C=O) groups excluding carboxylic acids is 1. The van der Waals surface area contributed by atoms with E-state index in [1.54, 1.807) is 0 Å². The van der Waals surface area contributed by atoms with Crippen LogP contribution in [0.25, 0.3) is 0 Å². The summed E-state index contributed by atoms with van der Waals surface area (Å²) < 4.78 is 0. The summed E-state index contributed by atoms with van der Waals surface area (Å²) in [6.45, 7) is 1.26. The van der Waals surface area contributed by atoms with Crippen molar-refractivity contribution in [2.24, 2.45) is 11.7 Å². The molecule has 4 atom stereocenters. The van der Waals surface area contributed by atoms with Gasteiger partial charge in [0.25, 0.3) is 0 Å². The number of hydrogen-bond acceptors (Lipinski definition) is 3. The molecule has 3 rings (SSSR count). The van der Waals surface area contributed by atoms with Crippen LogP contribution in [-0.4, -0.2) is 42.0 Å². The molecule has 1 saturated heterocycles. The first kappa shape index (κ1) is 12.4. The Bertz CT molecular complexity index is 346. The molecule has 2 saturated carbocycles. The van der Waals surface area contributed by atoms with Crippen LogP contribution in [-0.2, 0) is 4.79 Å². The Kier molecular flexibility index (Phi) is 3.10. The van der Waals surface area contributed by atoms with Crippen molar-refractivity contribution in [3.05, 3.63) is 0 Å². The molecule has 4 unspecified atom stereocenters. The van der Waals surface area contributed by atoms with Gasteiger partial charge in [-0.05, 0) is 57.9 Å². The Morgan fingerprint density at radius 3 is 2.72 bits per heavy atom. The largest absolute Gasteiger partial charge is 0.368 e. The van der Waals surface area contributed by atoms with Crippen molar-refractivity contribution >= 4 is 5.91 Å². The summed E-state index contributed by atoms with van der Waals surface area (Å²) in [5.41, 5.74) is 5.18. The Hall–Kier alpha value is -0.610. The molecule has 3 aliphatic rings. The van der Waals surface area contributed by atoms with Gasteiger partial charge in [-0.15, -0.1) is 0 Å². The van der Waals surface area contributed by atoms with E-state index >= 15 is 0 Å². The molecular formula is C14H25N3O. The number of fused-ring (bicyclic) bond motifs is 2. The summed E-state index contributed by atoms with van der Waals surface area (Å²) in [5, 5.41) is 3.21. The van der Waals surface area contributed by atoms with Crippen LogP contribution in [0.2, 0.25) is 0 Å². The molecule has 102 valence electrons. The van der Waals surface area contributed by atoms with Gasteiger partial charge in [-0.2, -0.15) is 0 Å². The first-order valence-corrected chi connectivity index (χ1v) is 7.39. The van der Waals surface area contributed by atoms with Gasteiger partial charge in [-0.25, -0.2) is 0 Å².